The first-order chi connectivity index (χ1) is 10.5. The molecule has 1 aliphatic heterocycles. The Bertz CT molecular complexity index is 369. The maximum atomic E-state index is 12.0. The lowest BCUT2D eigenvalue weighted by molar-refractivity contribution is -0.261. The summed E-state index contributed by atoms with van der Waals surface area (Å²) < 4.78 is 10.3. The number of rotatable bonds is 7. The number of carbonyl (C=O) groups excluding carboxylic acids is 1. The van der Waals surface area contributed by atoms with Crippen LogP contribution < -0.4 is 5.32 Å². The largest absolute Gasteiger partial charge is 0.394 e. The molecule has 1 fully saturated rings. The van der Waals surface area contributed by atoms with Gasteiger partial charge in [0.25, 0.3) is 0 Å². The van der Waals surface area contributed by atoms with Gasteiger partial charge < -0.3 is 30.1 Å². The molecule has 4 N–H and O–H groups in total. The quantitative estimate of drug-likeness (QED) is 0.346. The average molecular weight is 321 g/mol. The second kappa shape index (κ2) is 8.96. The molecular formula is C12H23N3O7. The van der Waals surface area contributed by atoms with Crippen LogP contribution in [0.4, 0.5) is 4.79 Å². The minimum atomic E-state index is -1.43. The Balaban J connectivity index is 2.75. The Morgan fingerprint density at radius 3 is 2.59 bits per heavy atom. The van der Waals surface area contributed by atoms with Gasteiger partial charge in [0.15, 0.2) is 6.29 Å². The Hall–Kier alpha value is -1.33. The van der Waals surface area contributed by atoms with Crippen LogP contribution in [0.3, 0.4) is 0 Å². The first kappa shape index (κ1) is 18.7. The van der Waals surface area contributed by atoms with E-state index in [1.165, 1.54) is 7.11 Å². The fraction of sp³-hybridized carbons (Fsp3) is 0.917. The van der Waals surface area contributed by atoms with Crippen molar-refractivity contribution in [3.63, 3.8) is 0 Å². The smallest absolute Gasteiger partial charge is 0.340 e. The van der Waals surface area contributed by atoms with E-state index >= 15 is 0 Å². The molecule has 0 unspecified atom stereocenters. The van der Waals surface area contributed by atoms with Gasteiger partial charge in [-0.25, -0.2) is 4.79 Å². The Morgan fingerprint density at radius 1 is 1.41 bits per heavy atom. The van der Waals surface area contributed by atoms with Gasteiger partial charge in [-0.05, 0) is 6.42 Å². The predicted molar refractivity (Wildman–Crippen MR) is 74.5 cm³/mol. The Morgan fingerprint density at radius 2 is 2.09 bits per heavy atom. The van der Waals surface area contributed by atoms with Crippen LogP contribution in [-0.4, -0.2) is 77.3 Å². The maximum absolute atomic E-state index is 12.0. The van der Waals surface area contributed by atoms with Gasteiger partial charge in [-0.3, -0.25) is 0 Å². The topological polar surface area (TPSA) is 141 Å². The van der Waals surface area contributed by atoms with Gasteiger partial charge in [0.1, 0.15) is 24.4 Å². The molecule has 0 aromatic carbocycles. The molecule has 0 bridgehead atoms. The summed E-state index contributed by atoms with van der Waals surface area (Å²) in [5.74, 6) is 0. The highest BCUT2D eigenvalue weighted by atomic mass is 16.7. The lowest BCUT2D eigenvalue weighted by Crippen LogP contribution is -2.65. The predicted octanol–water partition coefficient (Wildman–Crippen LogP) is -1.07. The number of carbonyl (C=O) groups is 1. The summed E-state index contributed by atoms with van der Waals surface area (Å²) in [6.07, 6.45) is -3.60. The van der Waals surface area contributed by atoms with Gasteiger partial charge in [0.2, 0.25) is 0 Å². The molecule has 0 aromatic rings. The van der Waals surface area contributed by atoms with Crippen molar-refractivity contribution in [1.82, 2.24) is 10.3 Å². The van der Waals surface area contributed by atoms with Gasteiger partial charge in [-0.15, -0.1) is 4.91 Å². The molecule has 10 heteroatoms. The third-order valence-electron chi connectivity index (χ3n) is 3.46. The van der Waals surface area contributed by atoms with Crippen LogP contribution in [0.2, 0.25) is 0 Å². The van der Waals surface area contributed by atoms with Crippen molar-refractivity contribution in [2.45, 2.75) is 50.4 Å². The molecule has 10 nitrogen and oxygen atoms in total. The molecule has 1 rings (SSSR count). The van der Waals surface area contributed by atoms with Gasteiger partial charge in [0.05, 0.1) is 11.9 Å². The number of amides is 2. The van der Waals surface area contributed by atoms with Crippen LogP contribution in [0, 0.1) is 4.91 Å². The highest BCUT2D eigenvalue weighted by molar-refractivity contribution is 5.74. The lowest BCUT2D eigenvalue weighted by Gasteiger charge is -2.41. The van der Waals surface area contributed by atoms with Crippen molar-refractivity contribution in [2.75, 3.05) is 20.3 Å². The molecular weight excluding hydrogens is 298 g/mol. The third-order valence-corrected chi connectivity index (χ3v) is 3.46. The Labute approximate surface area is 127 Å². The fourth-order valence-corrected chi connectivity index (χ4v) is 2.14. The summed E-state index contributed by atoms with van der Waals surface area (Å²) in [5, 5.41) is 34.6. The summed E-state index contributed by atoms with van der Waals surface area (Å²) >= 11 is 0. The summed E-state index contributed by atoms with van der Waals surface area (Å²) in [7, 11) is 1.29. The number of urea groups is 1. The van der Waals surface area contributed by atoms with Crippen molar-refractivity contribution in [3.8, 4) is 0 Å². The SMILES string of the molecule is CCCCN(N=O)C(=O)N[C@H]1[C@H](OC)O[C@H](CO)[C@@H](O)[C@@H]1O. The maximum Gasteiger partial charge on any atom is 0.340 e. The molecule has 1 aliphatic rings. The normalized spacial score (nSPS) is 31.6. The van der Waals surface area contributed by atoms with Crippen molar-refractivity contribution in [1.29, 1.82) is 0 Å². The highest BCUT2D eigenvalue weighted by Crippen LogP contribution is 2.21. The number of hydrogen-bond donors (Lipinski definition) is 4. The van der Waals surface area contributed by atoms with E-state index in [2.05, 4.69) is 10.6 Å². The number of unbranched alkanes of at least 4 members (excludes halogenated alkanes) is 1. The summed E-state index contributed by atoms with van der Waals surface area (Å²) in [6.45, 7) is 1.51. The zero-order chi connectivity index (χ0) is 16.7. The molecule has 0 saturated carbocycles. The first-order valence-electron chi connectivity index (χ1n) is 7.06. The Kier molecular flexibility index (Phi) is 7.62. The standard InChI is InChI=1S/C12H23N3O7/c1-3-4-5-15(14-20)12(19)13-8-10(18)9(17)7(6-16)22-11(8)21-2/h7-11,16-18H,3-6H2,1-2H3,(H,13,19)/t7-,8-,9-,10-,11-/m1/s1. The molecule has 2 amide bonds. The van der Waals surface area contributed by atoms with E-state index in [-0.39, 0.29) is 6.54 Å². The number of nitroso groups, excluding NO2 is 1. The number of aliphatic hydroxyl groups is 3. The molecule has 5 atom stereocenters. The molecule has 0 aromatic heterocycles. The van der Waals surface area contributed by atoms with E-state index in [9.17, 15) is 19.9 Å². The van der Waals surface area contributed by atoms with Gasteiger partial charge in [-0.2, -0.15) is 5.01 Å². The molecule has 0 aliphatic carbocycles. The second-order valence-electron chi connectivity index (χ2n) is 4.98. The van der Waals surface area contributed by atoms with Crippen LogP contribution in [-0.2, 0) is 9.47 Å². The van der Waals surface area contributed by atoms with Crippen LogP contribution in [0.1, 0.15) is 19.8 Å². The molecule has 0 radical (unpaired) electrons. The fourth-order valence-electron chi connectivity index (χ4n) is 2.14. The van der Waals surface area contributed by atoms with Crippen LogP contribution >= 0.6 is 0 Å². The van der Waals surface area contributed by atoms with Crippen LogP contribution in [0.5, 0.6) is 0 Å². The lowest BCUT2D eigenvalue weighted by atomic mass is 9.97. The minimum Gasteiger partial charge on any atom is -0.394 e. The molecule has 1 heterocycles. The number of nitrogens with one attached hydrogen (secondary N) is 1. The van der Waals surface area contributed by atoms with Crippen molar-refractivity contribution >= 4 is 6.03 Å². The van der Waals surface area contributed by atoms with Crippen LogP contribution in [0.15, 0.2) is 5.29 Å². The van der Waals surface area contributed by atoms with Gasteiger partial charge in [0, 0.05) is 13.7 Å². The zero-order valence-corrected chi connectivity index (χ0v) is 12.6. The molecule has 22 heavy (non-hydrogen) atoms. The second-order valence-corrected chi connectivity index (χ2v) is 4.98. The van der Waals surface area contributed by atoms with Crippen molar-refractivity contribution < 1.29 is 29.6 Å². The average Bonchev–Trinajstić information content (AvgIpc) is 2.53. The van der Waals surface area contributed by atoms with E-state index in [0.29, 0.717) is 11.4 Å². The minimum absolute atomic E-state index is 0.134. The van der Waals surface area contributed by atoms with E-state index in [0.717, 1.165) is 6.42 Å². The molecule has 0 spiro atoms. The van der Waals surface area contributed by atoms with E-state index < -0.39 is 43.3 Å². The van der Waals surface area contributed by atoms with Gasteiger partial charge in [-0.1, -0.05) is 13.3 Å². The number of hydrogen-bond acceptors (Lipinski definition) is 8. The highest BCUT2D eigenvalue weighted by Gasteiger charge is 2.45. The van der Waals surface area contributed by atoms with E-state index in [4.69, 9.17) is 14.6 Å². The van der Waals surface area contributed by atoms with Crippen molar-refractivity contribution in [3.05, 3.63) is 4.91 Å². The molecule has 1 saturated heterocycles. The number of methoxy groups -OCH3 is 1. The van der Waals surface area contributed by atoms with Crippen molar-refractivity contribution in [2.24, 2.45) is 5.29 Å². The summed E-state index contributed by atoms with van der Waals surface area (Å²) in [4.78, 5) is 22.7. The zero-order valence-electron chi connectivity index (χ0n) is 12.6. The van der Waals surface area contributed by atoms with Gasteiger partial charge >= 0.3 is 6.03 Å². The molecule has 128 valence electrons. The number of aliphatic hydroxyl groups excluding tert-OH is 3. The van der Waals surface area contributed by atoms with E-state index in [1.807, 2.05) is 6.92 Å². The third kappa shape index (κ3) is 4.34. The number of ether oxygens (including phenoxy) is 2. The first-order valence-corrected chi connectivity index (χ1v) is 7.06. The monoisotopic (exact) mass is 321 g/mol. The van der Waals surface area contributed by atoms with Crippen LogP contribution in [0.25, 0.3) is 0 Å². The summed E-state index contributed by atoms with van der Waals surface area (Å²) in [5.41, 5.74) is 0. The van der Waals surface area contributed by atoms with E-state index in [1.54, 1.807) is 0 Å². The number of nitrogens with zero attached hydrogens (tertiary/aromatic N) is 2. The summed E-state index contributed by atoms with van der Waals surface area (Å²) in [6, 6.07) is -1.94.